The van der Waals surface area contributed by atoms with Gasteiger partial charge in [0.25, 0.3) is 5.91 Å². The summed E-state index contributed by atoms with van der Waals surface area (Å²) < 4.78 is 5.72. The van der Waals surface area contributed by atoms with Gasteiger partial charge in [-0.05, 0) is 53.6 Å². The molecule has 3 aromatic rings. The quantitative estimate of drug-likeness (QED) is 0.557. The lowest BCUT2D eigenvalue weighted by molar-refractivity contribution is 0.0790. The summed E-state index contributed by atoms with van der Waals surface area (Å²) in [4.78, 5) is 16.3. The zero-order valence-corrected chi connectivity index (χ0v) is 16.7. The van der Waals surface area contributed by atoms with E-state index in [1.54, 1.807) is 0 Å². The van der Waals surface area contributed by atoms with Crippen LogP contribution in [0.3, 0.4) is 0 Å². The Morgan fingerprint density at radius 3 is 2.66 bits per heavy atom. The Hall–Kier alpha value is -2.93. The minimum absolute atomic E-state index is 0.0604. The molecule has 2 aromatic carbocycles. The Morgan fingerprint density at radius 1 is 1.14 bits per heavy atom. The molecular formula is C21H22ClN5O2. The molecule has 0 unspecified atom stereocenters. The van der Waals surface area contributed by atoms with Crippen LogP contribution in [0.2, 0.25) is 5.02 Å². The highest BCUT2D eigenvalue weighted by Gasteiger charge is 2.27. The first-order valence-corrected chi connectivity index (χ1v) is 10.1. The molecule has 1 atom stereocenters. The van der Waals surface area contributed by atoms with Gasteiger partial charge in [-0.3, -0.25) is 4.79 Å². The minimum atomic E-state index is 0.0604. The number of hydrogen-bond donors (Lipinski definition) is 0. The smallest absolute Gasteiger partial charge is 0.253 e. The fraction of sp³-hybridized carbons (Fsp3) is 0.333. The second-order valence-electron chi connectivity index (χ2n) is 7.05. The summed E-state index contributed by atoms with van der Waals surface area (Å²) in [5.74, 6) is 1.16. The summed E-state index contributed by atoms with van der Waals surface area (Å²) >= 11 is 5.97. The van der Waals surface area contributed by atoms with Crippen molar-refractivity contribution in [2.45, 2.75) is 25.3 Å². The van der Waals surface area contributed by atoms with Gasteiger partial charge in [0, 0.05) is 36.0 Å². The summed E-state index contributed by atoms with van der Waals surface area (Å²) in [7, 11) is 0. The maximum absolute atomic E-state index is 12.8. The number of amides is 1. The number of likely N-dealkylation sites (tertiary alicyclic amines) is 1. The summed E-state index contributed by atoms with van der Waals surface area (Å²) in [6, 6.07) is 15.2. The number of aromatic nitrogens is 4. The Balaban J connectivity index is 1.27. The number of benzene rings is 2. The number of tetrazole rings is 1. The molecule has 0 spiro atoms. The molecule has 0 radical (unpaired) electrons. The highest BCUT2D eigenvalue weighted by Crippen LogP contribution is 2.29. The second kappa shape index (κ2) is 9.05. The van der Waals surface area contributed by atoms with Crippen molar-refractivity contribution in [3.8, 4) is 5.75 Å². The number of halogens is 1. The second-order valence-corrected chi connectivity index (χ2v) is 7.48. The van der Waals surface area contributed by atoms with Crippen LogP contribution in [0.1, 0.15) is 34.7 Å². The summed E-state index contributed by atoms with van der Waals surface area (Å²) in [6.07, 6.45) is 3.15. The summed E-state index contributed by atoms with van der Waals surface area (Å²) in [6.45, 7) is 2.69. The highest BCUT2D eigenvalue weighted by atomic mass is 35.5. The van der Waals surface area contributed by atoms with E-state index in [1.165, 1.54) is 16.7 Å². The lowest BCUT2D eigenvalue weighted by Gasteiger charge is -2.17. The van der Waals surface area contributed by atoms with Crippen LogP contribution in [0.15, 0.2) is 54.9 Å². The van der Waals surface area contributed by atoms with E-state index < -0.39 is 0 Å². The third-order valence-electron chi connectivity index (χ3n) is 5.08. The van der Waals surface area contributed by atoms with Crippen molar-refractivity contribution in [1.29, 1.82) is 0 Å². The molecule has 0 N–H and O–H groups in total. The van der Waals surface area contributed by atoms with E-state index in [2.05, 4.69) is 15.4 Å². The van der Waals surface area contributed by atoms with Gasteiger partial charge in [0.05, 0.1) is 13.2 Å². The first kappa shape index (κ1) is 19.4. The SMILES string of the molecule is O=C(c1ccc(OCCCn2ncnn2)cc1)N1CC[C@H](c2ccc(Cl)cc2)C1. The standard InChI is InChI=1S/C21H22ClN5O2/c22-19-6-2-16(3-7-19)18-10-12-26(14-18)21(28)17-4-8-20(9-5-17)29-13-1-11-27-24-15-23-25-27/h2-9,15,18H,1,10-14H2/t18-/m0/s1. The lowest BCUT2D eigenvalue weighted by Crippen LogP contribution is -2.28. The molecule has 4 rings (SSSR count). The van der Waals surface area contributed by atoms with E-state index >= 15 is 0 Å². The Morgan fingerprint density at radius 2 is 1.93 bits per heavy atom. The van der Waals surface area contributed by atoms with Gasteiger partial charge in [-0.15, -0.1) is 10.2 Å². The molecule has 1 saturated heterocycles. The molecule has 1 aromatic heterocycles. The maximum Gasteiger partial charge on any atom is 0.253 e. The molecule has 1 fully saturated rings. The van der Waals surface area contributed by atoms with E-state index in [9.17, 15) is 4.79 Å². The van der Waals surface area contributed by atoms with Crippen molar-refractivity contribution in [2.24, 2.45) is 0 Å². The average molecular weight is 412 g/mol. The molecule has 2 heterocycles. The van der Waals surface area contributed by atoms with Crippen LogP contribution in [0, 0.1) is 0 Å². The van der Waals surface area contributed by atoms with Crippen LogP contribution in [0.4, 0.5) is 0 Å². The number of ether oxygens (including phenoxy) is 1. The maximum atomic E-state index is 12.8. The van der Waals surface area contributed by atoms with Crippen molar-refractivity contribution in [1.82, 2.24) is 25.1 Å². The number of nitrogens with zero attached hydrogens (tertiary/aromatic N) is 5. The number of rotatable bonds is 7. The van der Waals surface area contributed by atoms with Crippen molar-refractivity contribution in [3.63, 3.8) is 0 Å². The average Bonchev–Trinajstić information content (AvgIpc) is 3.44. The van der Waals surface area contributed by atoms with Gasteiger partial charge in [0.1, 0.15) is 5.75 Å². The van der Waals surface area contributed by atoms with E-state index in [0.29, 0.717) is 24.6 Å². The molecule has 0 saturated carbocycles. The van der Waals surface area contributed by atoms with Crippen molar-refractivity contribution in [3.05, 3.63) is 71.0 Å². The van der Waals surface area contributed by atoms with Gasteiger partial charge in [-0.2, -0.15) is 4.80 Å². The third kappa shape index (κ3) is 4.92. The van der Waals surface area contributed by atoms with Crippen molar-refractivity contribution >= 4 is 17.5 Å². The predicted molar refractivity (Wildman–Crippen MR) is 109 cm³/mol. The lowest BCUT2D eigenvalue weighted by atomic mass is 9.99. The molecule has 1 aliphatic heterocycles. The number of aryl methyl sites for hydroxylation is 1. The van der Waals surface area contributed by atoms with Crippen LogP contribution in [0.25, 0.3) is 0 Å². The number of hydrogen-bond acceptors (Lipinski definition) is 5. The van der Waals surface area contributed by atoms with Crippen LogP contribution < -0.4 is 4.74 Å². The Bertz CT molecular complexity index is 929. The van der Waals surface area contributed by atoms with Crippen LogP contribution in [-0.2, 0) is 6.54 Å². The van der Waals surface area contributed by atoms with E-state index in [1.807, 2.05) is 53.4 Å². The first-order valence-electron chi connectivity index (χ1n) is 9.67. The summed E-state index contributed by atoms with van der Waals surface area (Å²) in [5.41, 5.74) is 1.91. The largest absolute Gasteiger partial charge is 0.494 e. The first-order chi connectivity index (χ1) is 14.2. The van der Waals surface area contributed by atoms with Crippen LogP contribution >= 0.6 is 11.6 Å². The Kier molecular flexibility index (Phi) is 6.05. The monoisotopic (exact) mass is 411 g/mol. The molecule has 1 amide bonds. The predicted octanol–water partition coefficient (Wildman–Crippen LogP) is 3.43. The number of carbonyl (C=O) groups is 1. The van der Waals surface area contributed by atoms with Gasteiger partial charge in [0.2, 0.25) is 0 Å². The molecule has 150 valence electrons. The normalized spacial score (nSPS) is 16.2. The van der Waals surface area contributed by atoms with Gasteiger partial charge < -0.3 is 9.64 Å². The number of carbonyl (C=O) groups excluding carboxylic acids is 1. The third-order valence-corrected chi connectivity index (χ3v) is 5.33. The topological polar surface area (TPSA) is 73.1 Å². The van der Waals surface area contributed by atoms with Crippen LogP contribution in [-0.4, -0.2) is 50.7 Å². The summed E-state index contributed by atoms with van der Waals surface area (Å²) in [5, 5.41) is 12.2. The van der Waals surface area contributed by atoms with Gasteiger partial charge >= 0.3 is 0 Å². The van der Waals surface area contributed by atoms with Gasteiger partial charge in [-0.1, -0.05) is 23.7 Å². The van der Waals surface area contributed by atoms with E-state index in [-0.39, 0.29) is 5.91 Å². The fourth-order valence-electron chi connectivity index (χ4n) is 3.52. The van der Waals surface area contributed by atoms with E-state index in [0.717, 1.165) is 36.7 Å². The van der Waals surface area contributed by atoms with Crippen molar-refractivity contribution < 1.29 is 9.53 Å². The molecule has 0 bridgehead atoms. The zero-order valence-electron chi connectivity index (χ0n) is 15.9. The van der Waals surface area contributed by atoms with Crippen molar-refractivity contribution in [2.75, 3.05) is 19.7 Å². The zero-order chi connectivity index (χ0) is 20.1. The van der Waals surface area contributed by atoms with E-state index in [4.69, 9.17) is 16.3 Å². The molecule has 7 nitrogen and oxygen atoms in total. The highest BCUT2D eigenvalue weighted by molar-refractivity contribution is 6.30. The Labute approximate surface area is 174 Å². The fourth-order valence-corrected chi connectivity index (χ4v) is 3.64. The van der Waals surface area contributed by atoms with Crippen LogP contribution in [0.5, 0.6) is 5.75 Å². The molecule has 1 aliphatic rings. The molecule has 29 heavy (non-hydrogen) atoms. The van der Waals surface area contributed by atoms with Gasteiger partial charge in [0.15, 0.2) is 6.33 Å². The van der Waals surface area contributed by atoms with Gasteiger partial charge in [-0.25, -0.2) is 0 Å². The minimum Gasteiger partial charge on any atom is -0.494 e. The molecule has 0 aliphatic carbocycles. The molecule has 8 heteroatoms. The molecular weight excluding hydrogens is 390 g/mol.